The maximum atomic E-state index is 11.9. The summed E-state index contributed by atoms with van der Waals surface area (Å²) in [5.74, 6) is 23.3. The van der Waals surface area contributed by atoms with E-state index >= 15 is 0 Å². The molecule has 0 aromatic carbocycles. The molecule has 0 aromatic heterocycles. The van der Waals surface area contributed by atoms with Crippen LogP contribution in [0.4, 0.5) is 0 Å². The molecule has 25 atom stereocenters. The van der Waals surface area contributed by atoms with Crippen LogP contribution in [0.25, 0.3) is 0 Å². The molecule has 10 saturated carbocycles. The number of ketones is 5. The smallest absolute Gasteiger partial charge is 0.155 e. The minimum atomic E-state index is 0.167. The number of allylic oxidation sites excluding steroid dienone is 20. The first kappa shape index (κ1) is 78.1. The number of carbonyl (C=O) groups is 5. The minimum Gasteiger partial charge on any atom is -0.485 e. The normalized spacial score (nSPS) is 46.9. The van der Waals surface area contributed by atoms with E-state index in [1.807, 2.05) is 30.4 Å². The maximum Gasteiger partial charge on any atom is 0.155 e. The van der Waals surface area contributed by atoms with E-state index in [1.165, 1.54) is 174 Å². The molecule has 0 aromatic rings. The Morgan fingerprint density at radius 1 is 0.300 bits per heavy atom. The van der Waals surface area contributed by atoms with Gasteiger partial charge in [0.15, 0.2) is 28.9 Å². The molecule has 20 rings (SSSR count). The van der Waals surface area contributed by atoms with Crippen molar-refractivity contribution in [1.29, 1.82) is 0 Å². The van der Waals surface area contributed by atoms with Gasteiger partial charge in [-0.2, -0.15) is 0 Å². The summed E-state index contributed by atoms with van der Waals surface area (Å²) in [5, 5.41) is 0. The lowest BCUT2D eigenvalue weighted by Gasteiger charge is -2.57. The quantitative estimate of drug-likeness (QED) is 0.202. The van der Waals surface area contributed by atoms with Crippen LogP contribution in [0.2, 0.25) is 0 Å². The second-order valence-electron chi connectivity index (χ2n) is 42.7. The van der Waals surface area contributed by atoms with Crippen LogP contribution >= 0.6 is 0 Å². The van der Waals surface area contributed by atoms with Crippen molar-refractivity contribution >= 4 is 28.9 Å². The van der Waals surface area contributed by atoms with Crippen LogP contribution in [-0.4, -0.2) is 35.5 Å². The molecule has 110 heavy (non-hydrogen) atoms. The molecule has 6 heteroatoms. The Morgan fingerprint density at radius 3 is 0.827 bits per heavy atom. The molecule has 20 aliphatic rings. The highest BCUT2D eigenvalue weighted by molar-refractivity contribution is 5.94. The minimum absolute atomic E-state index is 0.167. The first-order valence-electron chi connectivity index (χ1n) is 45.0. The van der Waals surface area contributed by atoms with Crippen molar-refractivity contribution < 1.29 is 28.7 Å². The zero-order valence-corrected chi connectivity index (χ0v) is 70.1. The monoisotopic (exact) mass is 1480 g/mol. The van der Waals surface area contributed by atoms with E-state index in [0.29, 0.717) is 63.1 Å². The molecule has 0 amide bonds. The Kier molecular flexibility index (Phi) is 20.3. The van der Waals surface area contributed by atoms with Gasteiger partial charge in [0.1, 0.15) is 6.61 Å². The molecule has 10 fully saturated rings. The number of hydrogen-bond acceptors (Lipinski definition) is 6. The lowest BCUT2D eigenvalue weighted by molar-refractivity contribution is -0.118. The summed E-state index contributed by atoms with van der Waals surface area (Å²) < 4.78 is 5.92. The van der Waals surface area contributed by atoms with Crippen molar-refractivity contribution in [3.8, 4) is 37.0 Å². The van der Waals surface area contributed by atoms with Crippen molar-refractivity contribution in [2.75, 3.05) is 6.61 Å². The average molecular weight is 1480 g/mol. The van der Waals surface area contributed by atoms with E-state index in [4.69, 9.17) is 24.0 Å². The average Bonchev–Trinajstić information content (AvgIpc) is 1.71. The highest BCUT2D eigenvalue weighted by atomic mass is 16.5. The molecule has 588 valence electrons. The van der Waals surface area contributed by atoms with Crippen LogP contribution < -0.4 is 0 Å². The Bertz CT molecular complexity index is 4070. The topological polar surface area (TPSA) is 94.6 Å². The molecule has 6 nitrogen and oxygen atoms in total. The van der Waals surface area contributed by atoms with E-state index in [9.17, 15) is 24.0 Å². The van der Waals surface area contributed by atoms with E-state index in [2.05, 4.69) is 131 Å². The Balaban J connectivity index is 0.000000105. The molecule has 0 aliphatic heterocycles. The van der Waals surface area contributed by atoms with Gasteiger partial charge in [-0.15, -0.1) is 19.3 Å². The molecule has 0 spiro atoms. The third kappa shape index (κ3) is 12.3. The number of terminal acetylenes is 3. The molecular formula is C104H136O6. The summed E-state index contributed by atoms with van der Waals surface area (Å²) in [4.78, 5) is 59.2. The van der Waals surface area contributed by atoms with Crippen LogP contribution in [0.3, 0.4) is 0 Å². The first-order chi connectivity index (χ1) is 52.4. The van der Waals surface area contributed by atoms with Crippen LogP contribution in [0.5, 0.6) is 0 Å². The summed E-state index contributed by atoms with van der Waals surface area (Å²) >= 11 is 0. The third-order valence-corrected chi connectivity index (χ3v) is 39.0. The van der Waals surface area contributed by atoms with Crippen molar-refractivity contribution in [1.82, 2.24) is 0 Å². The van der Waals surface area contributed by atoms with Gasteiger partial charge in [-0.3, -0.25) is 24.0 Å². The zero-order chi connectivity index (χ0) is 77.7. The third-order valence-electron chi connectivity index (χ3n) is 39.0. The van der Waals surface area contributed by atoms with Gasteiger partial charge in [-0.05, 0) is 370 Å². The first-order valence-corrected chi connectivity index (χ1v) is 45.0. The summed E-state index contributed by atoms with van der Waals surface area (Å²) in [6.45, 7) is 29.6. The zero-order valence-electron chi connectivity index (χ0n) is 70.1. The maximum absolute atomic E-state index is 11.9. The van der Waals surface area contributed by atoms with Crippen molar-refractivity contribution in [2.24, 2.45) is 143 Å². The predicted octanol–water partition coefficient (Wildman–Crippen LogP) is 24.2. The molecule has 0 radical (unpaired) electrons. The predicted molar refractivity (Wildman–Crippen MR) is 445 cm³/mol. The number of carbonyl (C=O) groups excluding carboxylic acids is 5. The highest BCUT2D eigenvalue weighted by Crippen LogP contribution is 2.72. The van der Waals surface area contributed by atoms with Gasteiger partial charge in [0.25, 0.3) is 0 Å². The van der Waals surface area contributed by atoms with Gasteiger partial charge in [0, 0.05) is 59.5 Å². The summed E-state index contributed by atoms with van der Waals surface area (Å²) in [6.07, 6.45) is 79.2. The van der Waals surface area contributed by atoms with E-state index < -0.39 is 0 Å². The summed E-state index contributed by atoms with van der Waals surface area (Å²) in [6, 6.07) is 0. The van der Waals surface area contributed by atoms with Crippen LogP contribution in [0.15, 0.2) is 117 Å². The molecule has 10 unspecified atom stereocenters. The van der Waals surface area contributed by atoms with E-state index in [-0.39, 0.29) is 32.5 Å². The number of ether oxygens (including phenoxy) is 1. The van der Waals surface area contributed by atoms with Crippen LogP contribution in [0.1, 0.15) is 308 Å². The van der Waals surface area contributed by atoms with Crippen molar-refractivity contribution in [2.45, 2.75) is 308 Å². The summed E-state index contributed by atoms with van der Waals surface area (Å²) in [7, 11) is 0. The van der Waals surface area contributed by atoms with Gasteiger partial charge in [-0.1, -0.05) is 150 Å². The largest absolute Gasteiger partial charge is 0.485 e. The van der Waals surface area contributed by atoms with Crippen molar-refractivity contribution in [3.63, 3.8) is 0 Å². The van der Waals surface area contributed by atoms with Gasteiger partial charge in [0.05, 0.1) is 5.76 Å². The van der Waals surface area contributed by atoms with Crippen LogP contribution in [-0.2, 0) is 28.7 Å². The fraction of sp³-hybridized carbons (Fsp3) is 0.702. The molecule has 0 saturated heterocycles. The number of hydrogen-bond donors (Lipinski definition) is 0. The lowest BCUT2D eigenvalue weighted by atomic mass is 9.47. The molecular weight excluding hydrogens is 1350 g/mol. The van der Waals surface area contributed by atoms with Gasteiger partial charge >= 0.3 is 0 Å². The Labute approximate surface area is 664 Å². The lowest BCUT2D eigenvalue weighted by Crippen LogP contribution is -2.50. The molecule has 0 bridgehead atoms. The Hall–Kier alpha value is -5.77. The number of fused-ring (bicyclic) bond motifs is 25. The number of rotatable bonds is 2. The van der Waals surface area contributed by atoms with Crippen molar-refractivity contribution in [3.05, 3.63) is 117 Å². The molecule has 20 aliphatic carbocycles. The second kappa shape index (κ2) is 28.6. The van der Waals surface area contributed by atoms with Gasteiger partial charge in [0.2, 0.25) is 0 Å². The van der Waals surface area contributed by atoms with Gasteiger partial charge in [-0.25, -0.2) is 0 Å². The Morgan fingerprint density at radius 2 is 0.545 bits per heavy atom. The molecule has 0 N–H and O–H groups in total. The second-order valence-corrected chi connectivity index (χ2v) is 42.7. The fourth-order valence-electron chi connectivity index (χ4n) is 31.8. The molecule has 0 heterocycles. The van der Waals surface area contributed by atoms with E-state index in [1.54, 1.807) is 11.1 Å². The SMILES string of the molecule is C#CC1=CC[C@@H]2C3CCC4=CC(=O)CC[C@]4(C)[C@@H]3CCC12C.C#CC1=CC[C@@H]2C3CCC4=CC(=O)CC[C@]4(C)[C@@H]3CCC12C.C#CCOC1=CC[C@@H]2C3CCC4=CC(=O)CC[C@]4(C)[C@@H]3CCC12C.CC1=CC[C@@H]2C3CCC4=CC(=O)CC[C@]4(C)[C@@H]3CCC12C.CC1=CC[C@@H]2C3CCC4=CC(=O)CC[C@]4(C)[C@@H]3CCC12C. The highest BCUT2D eigenvalue weighted by Gasteiger charge is 2.63. The van der Waals surface area contributed by atoms with Gasteiger partial charge < -0.3 is 4.74 Å². The fourth-order valence-corrected chi connectivity index (χ4v) is 31.8. The van der Waals surface area contributed by atoms with Crippen LogP contribution in [0, 0.1) is 180 Å². The standard InChI is InChI=1S/C22H28O2.2C21H26O.2C20H28O/c1-4-13-24-20-8-7-18-17-6-5-15-14-16(23)9-11-21(15,2)19(17)10-12-22(18,20)3;2*1-4-14-6-8-18-17-7-5-15-13-16(22)9-11-21(15,3)19(17)10-12-20(14,18)2;2*1-13-4-7-17-16-6-5-14-12-15(21)8-10-20(14,3)18(16)9-11-19(13,17)2/h1,8,14,17-19H,5-7,9-13H2,2-3H3;2*1,6,13,17-19H,5,7-12H2,2-3H3;2*4,12,16-18H,5-11H2,1-3H3/t17?,18-,19-,21+,22?;2*17?,18-,19-,20?,21+;2*16?,17-,18-,19?,20+/m11111/s1. The summed E-state index contributed by atoms with van der Waals surface area (Å²) in [5.41, 5.74) is 16.2. The van der Waals surface area contributed by atoms with E-state index in [0.717, 1.165) is 179 Å².